The van der Waals surface area contributed by atoms with Crippen LogP contribution in [0.15, 0.2) is 48.5 Å². The van der Waals surface area contributed by atoms with Gasteiger partial charge >= 0.3 is 0 Å². The molecule has 0 unspecified atom stereocenters. The van der Waals surface area contributed by atoms with E-state index in [0.717, 1.165) is 30.5 Å². The number of hydrogen-bond donors (Lipinski definition) is 4. The molecule has 5 rings (SSSR count). The summed E-state index contributed by atoms with van der Waals surface area (Å²) in [7, 11) is 0. The van der Waals surface area contributed by atoms with Crippen molar-refractivity contribution in [1.29, 1.82) is 0 Å². The van der Waals surface area contributed by atoms with Crippen LogP contribution < -0.4 is 16.0 Å². The van der Waals surface area contributed by atoms with Gasteiger partial charge in [0.25, 0.3) is 5.91 Å². The number of aromatic nitrogens is 1. The zero-order valence-corrected chi connectivity index (χ0v) is 16.3. The van der Waals surface area contributed by atoms with Crippen molar-refractivity contribution in [2.24, 2.45) is 0 Å². The average molecular weight is 402 g/mol. The molecule has 0 bridgehead atoms. The highest BCUT2D eigenvalue weighted by Crippen LogP contribution is 2.34. The molecular formula is C23H22N4O3. The highest BCUT2D eigenvalue weighted by molar-refractivity contribution is 6.10. The van der Waals surface area contributed by atoms with Gasteiger partial charge in [-0.25, -0.2) is 0 Å². The fourth-order valence-electron chi connectivity index (χ4n) is 4.45. The Hall–Kier alpha value is -3.61. The van der Waals surface area contributed by atoms with Crippen molar-refractivity contribution in [2.75, 3.05) is 5.32 Å². The lowest BCUT2D eigenvalue weighted by atomic mass is 9.91. The number of aryl methyl sites for hydroxylation is 1. The van der Waals surface area contributed by atoms with Crippen LogP contribution in [0.1, 0.15) is 46.9 Å². The second kappa shape index (κ2) is 7.33. The van der Waals surface area contributed by atoms with Crippen LogP contribution >= 0.6 is 0 Å². The van der Waals surface area contributed by atoms with E-state index in [9.17, 15) is 14.4 Å². The molecule has 0 radical (unpaired) electrons. The zero-order chi connectivity index (χ0) is 20.7. The fourth-order valence-corrected chi connectivity index (χ4v) is 4.45. The first-order valence-electron chi connectivity index (χ1n) is 10.2. The van der Waals surface area contributed by atoms with Crippen molar-refractivity contribution in [1.82, 2.24) is 15.6 Å². The van der Waals surface area contributed by atoms with Crippen molar-refractivity contribution in [3.8, 4) is 0 Å². The number of para-hydroxylation sites is 2. The Labute approximate surface area is 173 Å². The Kier molecular flexibility index (Phi) is 4.50. The predicted octanol–water partition coefficient (Wildman–Crippen LogP) is 2.80. The second-order valence-corrected chi connectivity index (χ2v) is 7.84. The number of H-pyrrole nitrogens is 1. The van der Waals surface area contributed by atoms with Gasteiger partial charge < -0.3 is 20.9 Å². The van der Waals surface area contributed by atoms with E-state index in [1.165, 1.54) is 10.9 Å². The smallest absolute Gasteiger partial charge is 0.254 e. The third-order valence-corrected chi connectivity index (χ3v) is 5.89. The second-order valence-electron chi connectivity index (χ2n) is 7.84. The molecule has 4 N–H and O–H groups in total. The summed E-state index contributed by atoms with van der Waals surface area (Å²) in [6, 6.07) is 13.9. The molecule has 3 aromatic rings. The minimum Gasteiger partial charge on any atom is -0.356 e. The van der Waals surface area contributed by atoms with Crippen LogP contribution in [0.25, 0.3) is 10.9 Å². The van der Waals surface area contributed by atoms with Gasteiger partial charge in [0.05, 0.1) is 23.7 Å². The van der Waals surface area contributed by atoms with E-state index in [1.54, 1.807) is 24.3 Å². The Balaban J connectivity index is 1.32. The summed E-state index contributed by atoms with van der Waals surface area (Å²) in [4.78, 5) is 41.2. The summed E-state index contributed by atoms with van der Waals surface area (Å²) in [5, 5.41) is 9.66. The van der Waals surface area contributed by atoms with Gasteiger partial charge in [0.15, 0.2) is 0 Å². The van der Waals surface area contributed by atoms with Crippen LogP contribution in [0.5, 0.6) is 0 Å². The molecule has 0 saturated heterocycles. The van der Waals surface area contributed by atoms with E-state index < -0.39 is 11.9 Å². The number of aromatic amines is 1. The molecule has 7 nitrogen and oxygen atoms in total. The predicted molar refractivity (Wildman–Crippen MR) is 113 cm³/mol. The number of fused-ring (bicyclic) bond motifs is 4. The molecule has 1 aliphatic carbocycles. The molecule has 30 heavy (non-hydrogen) atoms. The van der Waals surface area contributed by atoms with Gasteiger partial charge in [0.2, 0.25) is 11.8 Å². The SMILES string of the molecule is O=C(C[C@@H]1NC(=O)c2ccccc2NC1=O)N[C@@H]1CCCc2c1[nH]c1ccccc21. The first-order chi connectivity index (χ1) is 14.6. The number of anilines is 1. The Morgan fingerprint density at radius 1 is 1.07 bits per heavy atom. The van der Waals surface area contributed by atoms with Crippen LogP contribution in [-0.2, 0) is 16.0 Å². The number of benzene rings is 2. The average Bonchev–Trinajstić information content (AvgIpc) is 3.08. The summed E-state index contributed by atoms with van der Waals surface area (Å²) in [6.45, 7) is 0. The number of hydrogen-bond acceptors (Lipinski definition) is 3. The highest BCUT2D eigenvalue weighted by Gasteiger charge is 2.31. The Morgan fingerprint density at radius 3 is 2.77 bits per heavy atom. The van der Waals surface area contributed by atoms with E-state index in [0.29, 0.717) is 11.3 Å². The summed E-state index contributed by atoms with van der Waals surface area (Å²) in [5.74, 6) is -1.02. The lowest BCUT2D eigenvalue weighted by Gasteiger charge is -2.24. The molecule has 2 heterocycles. The molecule has 3 amide bonds. The van der Waals surface area contributed by atoms with Gasteiger partial charge in [-0.1, -0.05) is 30.3 Å². The topological polar surface area (TPSA) is 103 Å². The van der Waals surface area contributed by atoms with Crippen LogP contribution in [0.2, 0.25) is 0 Å². The molecule has 0 fully saturated rings. The van der Waals surface area contributed by atoms with Crippen molar-refractivity contribution in [3.05, 3.63) is 65.4 Å². The van der Waals surface area contributed by atoms with Gasteiger partial charge in [0.1, 0.15) is 6.04 Å². The number of nitrogens with one attached hydrogen (secondary N) is 4. The molecule has 2 aromatic carbocycles. The summed E-state index contributed by atoms with van der Waals surface area (Å²) in [5.41, 5.74) is 4.20. The van der Waals surface area contributed by atoms with Crippen LogP contribution in [-0.4, -0.2) is 28.7 Å². The van der Waals surface area contributed by atoms with Crippen molar-refractivity contribution in [2.45, 2.75) is 37.8 Å². The molecule has 152 valence electrons. The van der Waals surface area contributed by atoms with Gasteiger partial charge in [-0.3, -0.25) is 14.4 Å². The highest BCUT2D eigenvalue weighted by atomic mass is 16.2. The minimum absolute atomic E-state index is 0.113. The number of amides is 3. The molecule has 1 aliphatic heterocycles. The number of carbonyl (C=O) groups is 3. The van der Waals surface area contributed by atoms with Crippen LogP contribution in [0, 0.1) is 0 Å². The van der Waals surface area contributed by atoms with Crippen molar-refractivity contribution >= 4 is 34.3 Å². The Morgan fingerprint density at radius 2 is 1.87 bits per heavy atom. The maximum Gasteiger partial charge on any atom is 0.254 e. The maximum absolute atomic E-state index is 12.8. The molecule has 7 heteroatoms. The monoisotopic (exact) mass is 402 g/mol. The molecule has 0 saturated carbocycles. The van der Waals surface area contributed by atoms with Crippen LogP contribution in [0.3, 0.4) is 0 Å². The fraction of sp³-hybridized carbons (Fsp3) is 0.261. The van der Waals surface area contributed by atoms with E-state index in [1.807, 2.05) is 18.2 Å². The van der Waals surface area contributed by atoms with E-state index in [-0.39, 0.29) is 24.3 Å². The summed E-state index contributed by atoms with van der Waals surface area (Å²) >= 11 is 0. The Bertz CT molecular complexity index is 1170. The van der Waals surface area contributed by atoms with E-state index in [4.69, 9.17) is 0 Å². The largest absolute Gasteiger partial charge is 0.356 e. The lowest BCUT2D eigenvalue weighted by Crippen LogP contribution is -2.45. The van der Waals surface area contributed by atoms with Crippen molar-refractivity contribution < 1.29 is 14.4 Å². The summed E-state index contributed by atoms with van der Waals surface area (Å²) < 4.78 is 0. The van der Waals surface area contributed by atoms with Gasteiger partial charge in [-0.05, 0) is 43.0 Å². The van der Waals surface area contributed by atoms with Gasteiger partial charge in [-0.2, -0.15) is 0 Å². The molecule has 0 spiro atoms. The van der Waals surface area contributed by atoms with E-state index >= 15 is 0 Å². The maximum atomic E-state index is 12.8. The number of carbonyl (C=O) groups excluding carboxylic acids is 3. The standard InChI is InChI=1S/C23H22N4O3/c28-20(12-19-23(30)26-17-10-4-2-7-15(17)22(29)27-19)24-18-11-5-8-14-13-6-1-3-9-16(13)25-21(14)18/h1-4,6-7,9-10,18-19,25H,5,8,11-12H2,(H,24,28)(H,26,30)(H,27,29)/t18-,19+/m1/s1. The first kappa shape index (κ1) is 18.4. The molecule has 2 atom stereocenters. The third kappa shape index (κ3) is 3.22. The van der Waals surface area contributed by atoms with E-state index in [2.05, 4.69) is 27.0 Å². The molecular weight excluding hydrogens is 380 g/mol. The first-order valence-corrected chi connectivity index (χ1v) is 10.2. The molecule has 1 aromatic heterocycles. The van der Waals surface area contributed by atoms with Gasteiger partial charge in [-0.15, -0.1) is 0 Å². The normalized spacial score (nSPS) is 20.5. The molecule has 2 aliphatic rings. The summed E-state index contributed by atoms with van der Waals surface area (Å²) in [6.07, 6.45) is 2.68. The quantitative estimate of drug-likeness (QED) is 0.542. The van der Waals surface area contributed by atoms with Crippen LogP contribution in [0.4, 0.5) is 5.69 Å². The third-order valence-electron chi connectivity index (χ3n) is 5.89. The minimum atomic E-state index is -0.921. The van der Waals surface area contributed by atoms with Gasteiger partial charge in [0, 0.05) is 16.6 Å². The van der Waals surface area contributed by atoms with Crippen molar-refractivity contribution in [3.63, 3.8) is 0 Å². The number of rotatable bonds is 3. The lowest BCUT2D eigenvalue weighted by molar-refractivity contribution is -0.126. The zero-order valence-electron chi connectivity index (χ0n) is 16.3.